The lowest BCUT2D eigenvalue weighted by atomic mass is 10.0. The lowest BCUT2D eigenvalue weighted by Gasteiger charge is -2.41. The number of nitriles is 1. The highest BCUT2D eigenvalue weighted by Crippen LogP contribution is 2.56. The fraction of sp³-hybridized carbons (Fsp3) is 0.632. The molecule has 3 heterocycles. The van der Waals surface area contributed by atoms with Crippen LogP contribution in [0.1, 0.15) is 31.4 Å². The van der Waals surface area contributed by atoms with Gasteiger partial charge in [-0.1, -0.05) is 6.92 Å². The average molecular weight is 394 g/mol. The summed E-state index contributed by atoms with van der Waals surface area (Å²) >= 11 is 0. The van der Waals surface area contributed by atoms with Crippen molar-refractivity contribution in [3.63, 3.8) is 0 Å². The Balaban J connectivity index is 1.65. The van der Waals surface area contributed by atoms with Crippen molar-refractivity contribution in [3.05, 3.63) is 17.2 Å². The highest BCUT2D eigenvalue weighted by molar-refractivity contribution is 5.71. The average Bonchev–Trinajstić information content (AvgIpc) is 3.10. The zero-order valence-electron chi connectivity index (χ0n) is 15.6. The molecule has 6 nitrogen and oxygen atoms in total. The van der Waals surface area contributed by atoms with Crippen LogP contribution in [0.25, 0.3) is 0 Å². The third-order valence-electron chi connectivity index (χ3n) is 6.55. The van der Waals surface area contributed by atoms with Crippen molar-refractivity contribution in [2.24, 2.45) is 23.7 Å². The van der Waals surface area contributed by atoms with Crippen LogP contribution in [-0.2, 0) is 11.0 Å². The lowest BCUT2D eigenvalue weighted by Crippen LogP contribution is -2.47. The standard InChI is InChI=1S/C19H21F3N4O2/c1-9-3-4-26(9)17-11(6-23)14(19(20,21)22)5-15(24-17)25-7-12-13(8-25)16(12)10(2)18(27)28/h5,9-10,12-13,16H,3-4,7-8H2,1-2H3,(H,27,28)/t9-,10+,12-,13+,16?/m0/s1. The normalized spacial score (nSPS) is 29.7. The summed E-state index contributed by atoms with van der Waals surface area (Å²) in [5, 5.41) is 18.6. The summed E-state index contributed by atoms with van der Waals surface area (Å²) in [7, 11) is 0. The van der Waals surface area contributed by atoms with Gasteiger partial charge >= 0.3 is 12.1 Å². The van der Waals surface area contributed by atoms with E-state index in [1.165, 1.54) is 0 Å². The molecule has 1 aromatic rings. The summed E-state index contributed by atoms with van der Waals surface area (Å²) in [5.41, 5.74) is -1.38. The molecule has 1 saturated carbocycles. The third-order valence-corrected chi connectivity index (χ3v) is 6.55. The van der Waals surface area contributed by atoms with Crippen molar-refractivity contribution in [1.82, 2.24) is 4.98 Å². The van der Waals surface area contributed by atoms with Gasteiger partial charge in [0.2, 0.25) is 0 Å². The van der Waals surface area contributed by atoms with E-state index >= 15 is 0 Å². The van der Waals surface area contributed by atoms with Gasteiger partial charge in [0.25, 0.3) is 0 Å². The molecular formula is C19H21F3N4O2. The quantitative estimate of drug-likeness (QED) is 0.846. The second-order valence-electron chi connectivity index (χ2n) is 8.10. The Hall–Kier alpha value is -2.50. The monoisotopic (exact) mass is 394 g/mol. The molecule has 3 aliphatic rings. The molecule has 0 bridgehead atoms. The van der Waals surface area contributed by atoms with Crippen LogP contribution < -0.4 is 9.80 Å². The van der Waals surface area contributed by atoms with Crippen molar-refractivity contribution in [1.29, 1.82) is 5.26 Å². The van der Waals surface area contributed by atoms with Crippen molar-refractivity contribution >= 4 is 17.6 Å². The first-order chi connectivity index (χ1) is 13.1. The van der Waals surface area contributed by atoms with Gasteiger partial charge < -0.3 is 14.9 Å². The Morgan fingerprint density at radius 2 is 2.04 bits per heavy atom. The SMILES string of the molecule is C[C@@H](C(=O)O)C1[C@H]2CN(c3cc(C(F)(F)F)c(C#N)c(N4CC[C@@H]4C)n3)C[C@@H]12. The maximum absolute atomic E-state index is 13.6. The summed E-state index contributed by atoms with van der Waals surface area (Å²) in [6, 6.07) is 2.71. The largest absolute Gasteiger partial charge is 0.481 e. The number of carboxylic acids is 1. The summed E-state index contributed by atoms with van der Waals surface area (Å²) in [6.45, 7) is 5.15. The first kappa shape index (κ1) is 18.8. The summed E-state index contributed by atoms with van der Waals surface area (Å²) in [4.78, 5) is 19.2. The number of halogens is 3. The topological polar surface area (TPSA) is 80.5 Å². The summed E-state index contributed by atoms with van der Waals surface area (Å²) in [6.07, 6.45) is -3.80. The van der Waals surface area contributed by atoms with Gasteiger partial charge in [-0.3, -0.25) is 4.79 Å². The molecular weight excluding hydrogens is 373 g/mol. The molecule has 1 N–H and O–H groups in total. The van der Waals surface area contributed by atoms with Crippen LogP contribution in [0.4, 0.5) is 24.8 Å². The fourth-order valence-corrected chi connectivity index (χ4v) is 4.72. The number of anilines is 2. The zero-order valence-corrected chi connectivity index (χ0v) is 15.6. The van der Waals surface area contributed by atoms with Crippen LogP contribution in [0.5, 0.6) is 0 Å². The van der Waals surface area contributed by atoms with E-state index in [1.807, 2.05) is 6.92 Å². The van der Waals surface area contributed by atoms with Gasteiger partial charge in [0.05, 0.1) is 11.5 Å². The molecule has 2 aliphatic heterocycles. The number of hydrogen-bond acceptors (Lipinski definition) is 5. The number of carbonyl (C=O) groups is 1. The Labute approximate surface area is 160 Å². The van der Waals surface area contributed by atoms with E-state index in [4.69, 9.17) is 0 Å². The van der Waals surface area contributed by atoms with E-state index in [0.717, 1.165) is 12.5 Å². The number of nitrogens with zero attached hydrogens (tertiary/aromatic N) is 4. The van der Waals surface area contributed by atoms with Gasteiger partial charge in [0, 0.05) is 25.7 Å². The number of aliphatic carboxylic acids is 1. The minimum Gasteiger partial charge on any atom is -0.481 e. The van der Waals surface area contributed by atoms with Gasteiger partial charge in [0.1, 0.15) is 23.3 Å². The van der Waals surface area contributed by atoms with E-state index in [9.17, 15) is 28.3 Å². The third kappa shape index (κ3) is 2.86. The van der Waals surface area contributed by atoms with Crippen LogP contribution in [0.3, 0.4) is 0 Å². The Morgan fingerprint density at radius 3 is 2.46 bits per heavy atom. The first-order valence-corrected chi connectivity index (χ1v) is 9.40. The lowest BCUT2D eigenvalue weighted by molar-refractivity contribution is -0.142. The van der Waals surface area contributed by atoms with Crippen molar-refractivity contribution in [2.75, 3.05) is 29.4 Å². The predicted octanol–water partition coefficient (Wildman–Crippen LogP) is 2.97. The van der Waals surface area contributed by atoms with E-state index in [2.05, 4.69) is 4.98 Å². The molecule has 0 amide bonds. The number of fused-ring (bicyclic) bond motifs is 1. The zero-order chi connectivity index (χ0) is 20.4. The highest BCUT2D eigenvalue weighted by atomic mass is 19.4. The van der Waals surface area contributed by atoms with E-state index in [-0.39, 0.29) is 35.4 Å². The fourth-order valence-electron chi connectivity index (χ4n) is 4.72. The van der Waals surface area contributed by atoms with Gasteiger partial charge in [-0.2, -0.15) is 18.4 Å². The number of piperidine rings is 1. The molecule has 4 rings (SSSR count). The highest BCUT2D eigenvalue weighted by Gasteiger charge is 2.59. The molecule has 1 aromatic heterocycles. The molecule has 9 heteroatoms. The Bertz CT molecular complexity index is 854. The number of aromatic nitrogens is 1. The number of alkyl halides is 3. The molecule has 3 fully saturated rings. The molecule has 28 heavy (non-hydrogen) atoms. The van der Waals surface area contributed by atoms with Crippen LogP contribution in [0, 0.1) is 35.0 Å². The smallest absolute Gasteiger partial charge is 0.417 e. The van der Waals surface area contributed by atoms with Gasteiger partial charge in [-0.15, -0.1) is 0 Å². The minimum atomic E-state index is -4.64. The first-order valence-electron chi connectivity index (χ1n) is 9.40. The minimum absolute atomic E-state index is 0.0451. The van der Waals surface area contributed by atoms with Gasteiger partial charge in [-0.25, -0.2) is 4.98 Å². The van der Waals surface area contributed by atoms with E-state index in [0.29, 0.717) is 19.6 Å². The molecule has 0 aromatic carbocycles. The van der Waals surface area contributed by atoms with Gasteiger partial charge in [0.15, 0.2) is 0 Å². The predicted molar refractivity (Wildman–Crippen MR) is 94.9 cm³/mol. The summed E-state index contributed by atoms with van der Waals surface area (Å²) < 4.78 is 40.9. The van der Waals surface area contributed by atoms with Crippen molar-refractivity contribution < 1.29 is 23.1 Å². The van der Waals surface area contributed by atoms with Crippen LogP contribution >= 0.6 is 0 Å². The number of hydrogen-bond donors (Lipinski definition) is 1. The van der Waals surface area contributed by atoms with E-state index in [1.54, 1.807) is 22.8 Å². The number of carboxylic acid groups (broad SMARTS) is 1. The molecule has 0 spiro atoms. The second kappa shape index (κ2) is 6.26. The maximum atomic E-state index is 13.6. The maximum Gasteiger partial charge on any atom is 0.417 e. The van der Waals surface area contributed by atoms with Gasteiger partial charge in [-0.05, 0) is 37.2 Å². The number of rotatable bonds is 4. The molecule has 5 atom stereocenters. The Kier molecular flexibility index (Phi) is 4.21. The van der Waals surface area contributed by atoms with Crippen molar-refractivity contribution in [3.8, 4) is 6.07 Å². The molecule has 1 unspecified atom stereocenters. The Morgan fingerprint density at radius 1 is 1.39 bits per heavy atom. The van der Waals surface area contributed by atoms with Crippen LogP contribution in [0.15, 0.2) is 6.07 Å². The van der Waals surface area contributed by atoms with Crippen molar-refractivity contribution in [2.45, 2.75) is 32.5 Å². The second-order valence-corrected chi connectivity index (χ2v) is 8.10. The molecule has 0 radical (unpaired) electrons. The molecule has 1 aliphatic carbocycles. The summed E-state index contributed by atoms with van der Waals surface area (Å²) in [5.74, 6) is -0.556. The molecule has 150 valence electrons. The van der Waals surface area contributed by atoms with Crippen LogP contribution in [-0.4, -0.2) is 41.7 Å². The van der Waals surface area contributed by atoms with Crippen LogP contribution in [0.2, 0.25) is 0 Å². The van der Waals surface area contributed by atoms with E-state index < -0.39 is 29.2 Å². The number of pyridine rings is 1. The molecule has 2 saturated heterocycles.